The molecular formula is C18H34N2O3. The van der Waals surface area contributed by atoms with Crippen molar-refractivity contribution < 1.29 is 14.6 Å². The summed E-state index contributed by atoms with van der Waals surface area (Å²) in [6, 6.07) is 0.489. The molecule has 0 radical (unpaired) electrons. The second-order valence-corrected chi connectivity index (χ2v) is 9.12. The van der Waals surface area contributed by atoms with Crippen molar-refractivity contribution >= 4 is 6.09 Å². The predicted octanol–water partition coefficient (Wildman–Crippen LogP) is 2.92. The van der Waals surface area contributed by atoms with E-state index in [4.69, 9.17) is 4.74 Å². The zero-order valence-electron chi connectivity index (χ0n) is 15.4. The summed E-state index contributed by atoms with van der Waals surface area (Å²) in [6.07, 6.45) is 5.46. The van der Waals surface area contributed by atoms with Crippen LogP contribution in [0.15, 0.2) is 0 Å². The molecule has 1 heterocycles. The summed E-state index contributed by atoms with van der Waals surface area (Å²) >= 11 is 0. The zero-order valence-corrected chi connectivity index (χ0v) is 15.4. The molecule has 1 saturated heterocycles. The Kier molecular flexibility index (Phi) is 5.31. The van der Waals surface area contributed by atoms with Gasteiger partial charge >= 0.3 is 6.09 Å². The highest BCUT2D eigenvalue weighted by atomic mass is 16.6. The summed E-state index contributed by atoms with van der Waals surface area (Å²) in [4.78, 5) is 14.1. The number of amides is 1. The molecule has 2 fully saturated rings. The van der Waals surface area contributed by atoms with Gasteiger partial charge in [-0.2, -0.15) is 0 Å². The van der Waals surface area contributed by atoms with Gasteiger partial charge in [0.1, 0.15) is 5.60 Å². The van der Waals surface area contributed by atoms with Crippen LogP contribution >= 0.6 is 0 Å². The molecule has 0 aromatic carbocycles. The molecule has 5 heteroatoms. The molecule has 0 aromatic heterocycles. The van der Waals surface area contributed by atoms with E-state index in [1.54, 1.807) is 0 Å². The Morgan fingerprint density at radius 3 is 2.35 bits per heavy atom. The van der Waals surface area contributed by atoms with Crippen molar-refractivity contribution in [3.05, 3.63) is 0 Å². The van der Waals surface area contributed by atoms with Gasteiger partial charge in [0.2, 0.25) is 0 Å². The smallest absolute Gasteiger partial charge is 0.410 e. The van der Waals surface area contributed by atoms with Gasteiger partial charge in [-0.1, -0.05) is 0 Å². The summed E-state index contributed by atoms with van der Waals surface area (Å²) in [5, 5.41) is 13.3. The van der Waals surface area contributed by atoms with E-state index in [1.165, 1.54) is 0 Å². The lowest BCUT2D eigenvalue weighted by Crippen LogP contribution is -2.44. The van der Waals surface area contributed by atoms with Gasteiger partial charge in [-0.15, -0.1) is 0 Å². The number of aliphatic hydroxyl groups is 1. The van der Waals surface area contributed by atoms with E-state index in [1.807, 2.05) is 39.5 Å². The van der Waals surface area contributed by atoms with Gasteiger partial charge in [0.05, 0.1) is 5.60 Å². The molecule has 5 nitrogen and oxygen atoms in total. The molecule has 0 unspecified atom stereocenters. The number of hydrogen-bond donors (Lipinski definition) is 2. The van der Waals surface area contributed by atoms with Crippen LogP contribution in [0.2, 0.25) is 0 Å². The van der Waals surface area contributed by atoms with Crippen molar-refractivity contribution in [2.24, 2.45) is 5.41 Å². The molecule has 0 aromatic rings. The van der Waals surface area contributed by atoms with Crippen molar-refractivity contribution in [1.29, 1.82) is 0 Å². The Hall–Kier alpha value is -0.810. The average molecular weight is 326 g/mol. The van der Waals surface area contributed by atoms with Crippen LogP contribution in [-0.2, 0) is 4.74 Å². The van der Waals surface area contributed by atoms with Gasteiger partial charge in [-0.25, -0.2) is 4.79 Å². The molecule has 0 bridgehead atoms. The molecule has 2 aliphatic rings. The molecule has 2 N–H and O–H groups in total. The second-order valence-electron chi connectivity index (χ2n) is 9.12. The van der Waals surface area contributed by atoms with Crippen molar-refractivity contribution in [3.63, 3.8) is 0 Å². The lowest BCUT2D eigenvalue weighted by Gasteiger charge is -2.38. The Morgan fingerprint density at radius 2 is 1.83 bits per heavy atom. The molecule has 1 aliphatic heterocycles. The number of hydrogen-bond acceptors (Lipinski definition) is 4. The third-order valence-electron chi connectivity index (χ3n) is 4.96. The molecule has 134 valence electrons. The lowest BCUT2D eigenvalue weighted by atomic mass is 9.72. The van der Waals surface area contributed by atoms with Gasteiger partial charge in [-0.3, -0.25) is 0 Å². The first-order chi connectivity index (χ1) is 10.5. The maximum atomic E-state index is 12.2. The molecule has 2 rings (SSSR count). The van der Waals surface area contributed by atoms with E-state index < -0.39 is 11.2 Å². The first kappa shape index (κ1) is 18.5. The Morgan fingerprint density at radius 1 is 1.22 bits per heavy atom. The summed E-state index contributed by atoms with van der Waals surface area (Å²) in [6.45, 7) is 11.7. The first-order valence-corrected chi connectivity index (χ1v) is 8.92. The number of nitrogens with zero attached hydrogens (tertiary/aromatic N) is 1. The molecule has 1 spiro atoms. The summed E-state index contributed by atoms with van der Waals surface area (Å²) < 4.78 is 5.50. The van der Waals surface area contributed by atoms with E-state index in [0.717, 1.165) is 45.2 Å². The number of nitrogens with one attached hydrogen (secondary N) is 1. The molecule has 1 saturated carbocycles. The lowest BCUT2D eigenvalue weighted by molar-refractivity contribution is 0.0255. The second kappa shape index (κ2) is 6.60. The van der Waals surface area contributed by atoms with E-state index in [0.29, 0.717) is 12.6 Å². The van der Waals surface area contributed by atoms with Crippen molar-refractivity contribution in [1.82, 2.24) is 10.2 Å². The molecule has 0 atom stereocenters. The highest BCUT2D eigenvalue weighted by Gasteiger charge is 2.43. The number of carbonyl (C=O) groups excluding carboxylic acids is 1. The minimum Gasteiger partial charge on any atom is -0.444 e. The fraction of sp³-hybridized carbons (Fsp3) is 0.944. The fourth-order valence-corrected chi connectivity index (χ4v) is 3.65. The van der Waals surface area contributed by atoms with Crippen LogP contribution in [0, 0.1) is 5.41 Å². The van der Waals surface area contributed by atoms with E-state index >= 15 is 0 Å². The monoisotopic (exact) mass is 326 g/mol. The van der Waals surface area contributed by atoms with Crippen LogP contribution < -0.4 is 5.32 Å². The Balaban J connectivity index is 1.80. The molecule has 1 amide bonds. The van der Waals surface area contributed by atoms with Crippen LogP contribution in [0.4, 0.5) is 4.79 Å². The fourth-order valence-electron chi connectivity index (χ4n) is 3.65. The summed E-state index contributed by atoms with van der Waals surface area (Å²) in [7, 11) is 0. The van der Waals surface area contributed by atoms with Crippen LogP contribution in [0.3, 0.4) is 0 Å². The number of likely N-dealkylation sites (tertiary alicyclic amines) is 1. The van der Waals surface area contributed by atoms with Gasteiger partial charge < -0.3 is 20.1 Å². The van der Waals surface area contributed by atoms with Crippen LogP contribution in [0.1, 0.15) is 66.7 Å². The minimum atomic E-state index is -0.657. The third kappa shape index (κ3) is 5.64. The van der Waals surface area contributed by atoms with E-state index in [2.05, 4.69) is 5.32 Å². The van der Waals surface area contributed by atoms with Crippen molar-refractivity contribution in [3.8, 4) is 0 Å². The highest BCUT2D eigenvalue weighted by molar-refractivity contribution is 5.68. The Labute approximate surface area is 140 Å². The maximum absolute atomic E-state index is 12.2. The quantitative estimate of drug-likeness (QED) is 0.837. The minimum absolute atomic E-state index is 0.170. The first-order valence-electron chi connectivity index (χ1n) is 8.92. The maximum Gasteiger partial charge on any atom is 0.410 e. The predicted molar refractivity (Wildman–Crippen MR) is 91.4 cm³/mol. The summed E-state index contributed by atoms with van der Waals surface area (Å²) in [5.74, 6) is 0. The largest absolute Gasteiger partial charge is 0.444 e. The van der Waals surface area contributed by atoms with Gasteiger partial charge in [0, 0.05) is 25.7 Å². The average Bonchev–Trinajstić information content (AvgIpc) is 2.80. The molecule has 23 heavy (non-hydrogen) atoms. The summed E-state index contributed by atoms with van der Waals surface area (Å²) in [5.41, 5.74) is -0.800. The normalized spacial score (nSPS) is 29.1. The topological polar surface area (TPSA) is 61.8 Å². The highest BCUT2D eigenvalue weighted by Crippen LogP contribution is 2.44. The zero-order chi connectivity index (χ0) is 17.3. The standard InChI is InChI=1S/C18H34N2O3/c1-16(2,3)23-15(21)20-11-10-18(13-20)8-6-14(7-9-18)19-12-17(4,5)22/h14,19,22H,6-13H2,1-5H3. The van der Waals surface area contributed by atoms with Crippen LogP contribution in [-0.4, -0.2) is 53.0 Å². The van der Waals surface area contributed by atoms with E-state index in [-0.39, 0.29) is 11.5 Å². The third-order valence-corrected chi connectivity index (χ3v) is 4.96. The SMILES string of the molecule is CC(C)(O)CNC1CCC2(CC1)CCN(C(=O)OC(C)(C)C)C2. The van der Waals surface area contributed by atoms with Gasteiger partial charge in [-0.05, 0) is 72.1 Å². The number of carbonyl (C=O) groups is 1. The van der Waals surface area contributed by atoms with Crippen molar-refractivity contribution in [2.45, 2.75) is 84.0 Å². The van der Waals surface area contributed by atoms with Crippen LogP contribution in [0.25, 0.3) is 0 Å². The van der Waals surface area contributed by atoms with Crippen LogP contribution in [0.5, 0.6) is 0 Å². The molecular weight excluding hydrogens is 292 g/mol. The van der Waals surface area contributed by atoms with Gasteiger partial charge in [0.15, 0.2) is 0 Å². The van der Waals surface area contributed by atoms with Crippen molar-refractivity contribution in [2.75, 3.05) is 19.6 Å². The number of ether oxygens (including phenoxy) is 1. The Bertz CT molecular complexity index is 415. The van der Waals surface area contributed by atoms with Gasteiger partial charge in [0.25, 0.3) is 0 Å². The number of rotatable bonds is 3. The molecule has 1 aliphatic carbocycles. The van der Waals surface area contributed by atoms with E-state index in [9.17, 15) is 9.90 Å².